The molecule has 0 saturated carbocycles. The van der Waals surface area contributed by atoms with Gasteiger partial charge < -0.3 is 10.2 Å². The molecule has 6 heteroatoms. The van der Waals surface area contributed by atoms with Gasteiger partial charge in [0.25, 0.3) is 5.91 Å². The molecule has 0 spiro atoms. The van der Waals surface area contributed by atoms with Crippen LogP contribution in [0.5, 0.6) is 0 Å². The highest BCUT2D eigenvalue weighted by Gasteiger charge is 2.35. The Morgan fingerprint density at radius 2 is 2.00 bits per heavy atom. The Hall–Kier alpha value is -2.34. The molecule has 1 atom stereocenters. The highest BCUT2D eigenvalue weighted by atomic mass is 32.2. The van der Waals surface area contributed by atoms with Crippen molar-refractivity contribution in [1.29, 1.82) is 0 Å². The summed E-state index contributed by atoms with van der Waals surface area (Å²) in [5.74, 6) is -0.0516. The molecule has 25 heavy (non-hydrogen) atoms. The van der Waals surface area contributed by atoms with Gasteiger partial charge in [-0.05, 0) is 49.2 Å². The summed E-state index contributed by atoms with van der Waals surface area (Å²) in [6, 6.07) is 11.1. The quantitative estimate of drug-likeness (QED) is 0.912. The van der Waals surface area contributed by atoms with E-state index >= 15 is 0 Å². The zero-order chi connectivity index (χ0) is 18.0. The number of halogens is 1. The van der Waals surface area contributed by atoms with Gasteiger partial charge in [-0.3, -0.25) is 9.59 Å². The molecule has 3 rings (SSSR count). The minimum absolute atomic E-state index is 0.224. The molecule has 1 N–H and O–H groups in total. The van der Waals surface area contributed by atoms with Crippen LogP contribution in [0.2, 0.25) is 0 Å². The van der Waals surface area contributed by atoms with Crippen LogP contribution in [0.25, 0.3) is 0 Å². The number of nitrogens with zero attached hydrogens (tertiary/aromatic N) is 1. The summed E-state index contributed by atoms with van der Waals surface area (Å²) in [4.78, 5) is 27.0. The molecule has 1 fully saturated rings. The van der Waals surface area contributed by atoms with Gasteiger partial charge in [0.1, 0.15) is 11.9 Å². The largest absolute Gasteiger partial charge is 0.324 e. The molecule has 1 aliphatic rings. The average Bonchev–Trinajstić information content (AvgIpc) is 3.06. The molecule has 0 radical (unpaired) electrons. The molecule has 4 nitrogen and oxygen atoms in total. The van der Waals surface area contributed by atoms with Crippen LogP contribution >= 0.6 is 11.8 Å². The SMILES string of the molecule is Cc1cccc(NC(=O)C2CSCN2C(=O)c2cc(F)ccc2C)c1. The molecular formula is C19H19FN2O2S. The fourth-order valence-corrected chi connectivity index (χ4v) is 3.94. The predicted octanol–water partition coefficient (Wildman–Crippen LogP) is 3.60. The van der Waals surface area contributed by atoms with E-state index in [9.17, 15) is 14.0 Å². The van der Waals surface area contributed by atoms with E-state index in [0.29, 0.717) is 28.4 Å². The Balaban J connectivity index is 1.79. The second-order valence-electron chi connectivity index (χ2n) is 6.11. The van der Waals surface area contributed by atoms with Crippen LogP contribution < -0.4 is 5.32 Å². The predicted molar refractivity (Wildman–Crippen MR) is 98.2 cm³/mol. The summed E-state index contributed by atoms with van der Waals surface area (Å²) in [5.41, 5.74) is 2.75. The maximum Gasteiger partial charge on any atom is 0.255 e. The van der Waals surface area contributed by atoms with Gasteiger partial charge in [0.15, 0.2) is 0 Å². The lowest BCUT2D eigenvalue weighted by Gasteiger charge is -2.24. The first-order valence-corrected chi connectivity index (χ1v) is 9.13. The van der Waals surface area contributed by atoms with Gasteiger partial charge in [0.05, 0.1) is 5.88 Å². The van der Waals surface area contributed by atoms with Gasteiger partial charge in [0.2, 0.25) is 5.91 Å². The van der Waals surface area contributed by atoms with Crippen LogP contribution in [0, 0.1) is 19.7 Å². The van der Waals surface area contributed by atoms with E-state index in [0.717, 1.165) is 5.56 Å². The van der Waals surface area contributed by atoms with Crippen LogP contribution in [-0.2, 0) is 4.79 Å². The van der Waals surface area contributed by atoms with Crippen LogP contribution in [0.3, 0.4) is 0 Å². The minimum atomic E-state index is -0.569. The highest BCUT2D eigenvalue weighted by molar-refractivity contribution is 7.99. The number of amides is 2. The van der Waals surface area contributed by atoms with Crippen molar-refractivity contribution in [1.82, 2.24) is 4.90 Å². The fourth-order valence-electron chi connectivity index (χ4n) is 2.79. The molecule has 130 valence electrons. The third kappa shape index (κ3) is 3.85. The number of rotatable bonds is 3. The number of hydrogen-bond donors (Lipinski definition) is 1. The molecule has 0 bridgehead atoms. The van der Waals surface area contributed by atoms with Crippen LogP contribution in [0.1, 0.15) is 21.5 Å². The van der Waals surface area contributed by atoms with E-state index in [1.165, 1.54) is 28.8 Å². The van der Waals surface area contributed by atoms with E-state index in [1.807, 2.05) is 31.2 Å². The second-order valence-corrected chi connectivity index (χ2v) is 7.11. The highest BCUT2D eigenvalue weighted by Crippen LogP contribution is 2.25. The maximum atomic E-state index is 13.5. The molecule has 1 unspecified atom stereocenters. The van der Waals surface area contributed by atoms with E-state index < -0.39 is 11.9 Å². The Kier molecular flexibility index (Phi) is 5.08. The van der Waals surface area contributed by atoms with Gasteiger partial charge in [-0.2, -0.15) is 0 Å². The lowest BCUT2D eigenvalue weighted by Crippen LogP contribution is -2.44. The first kappa shape index (κ1) is 17.5. The van der Waals surface area contributed by atoms with Crippen molar-refractivity contribution < 1.29 is 14.0 Å². The zero-order valence-electron chi connectivity index (χ0n) is 14.1. The van der Waals surface area contributed by atoms with Crippen LogP contribution in [-0.4, -0.2) is 34.4 Å². The number of benzene rings is 2. The summed E-state index contributed by atoms with van der Waals surface area (Å²) >= 11 is 1.52. The first-order valence-electron chi connectivity index (χ1n) is 7.98. The molecule has 2 aromatic carbocycles. The number of carbonyl (C=O) groups is 2. The van der Waals surface area contributed by atoms with Crippen molar-refractivity contribution in [2.75, 3.05) is 16.9 Å². The number of aryl methyl sites for hydroxylation is 2. The van der Waals surface area contributed by atoms with Crippen molar-refractivity contribution in [2.45, 2.75) is 19.9 Å². The van der Waals surface area contributed by atoms with E-state index in [2.05, 4.69) is 5.32 Å². The Morgan fingerprint density at radius 3 is 2.76 bits per heavy atom. The molecule has 0 aliphatic carbocycles. The summed E-state index contributed by atoms with van der Waals surface area (Å²) in [6.45, 7) is 3.71. The lowest BCUT2D eigenvalue weighted by atomic mass is 10.1. The van der Waals surface area contributed by atoms with Crippen LogP contribution in [0.15, 0.2) is 42.5 Å². The van der Waals surface area contributed by atoms with Crippen molar-refractivity contribution >= 4 is 29.3 Å². The van der Waals surface area contributed by atoms with E-state index in [-0.39, 0.29) is 11.8 Å². The fraction of sp³-hybridized carbons (Fsp3) is 0.263. The van der Waals surface area contributed by atoms with Crippen molar-refractivity contribution in [2.24, 2.45) is 0 Å². The van der Waals surface area contributed by atoms with E-state index in [1.54, 1.807) is 13.0 Å². The van der Waals surface area contributed by atoms with Gasteiger partial charge >= 0.3 is 0 Å². The molecule has 0 aromatic heterocycles. The number of thioether (sulfide) groups is 1. The summed E-state index contributed by atoms with van der Waals surface area (Å²) < 4.78 is 13.5. The van der Waals surface area contributed by atoms with Crippen molar-refractivity contribution in [3.8, 4) is 0 Å². The van der Waals surface area contributed by atoms with Gasteiger partial charge in [-0.25, -0.2) is 4.39 Å². The standard InChI is InChI=1S/C19H19FN2O2S/c1-12-4-3-5-15(8-12)21-18(23)17-10-25-11-22(17)19(24)16-9-14(20)7-6-13(16)2/h3-9,17H,10-11H2,1-2H3,(H,21,23). The topological polar surface area (TPSA) is 49.4 Å². The lowest BCUT2D eigenvalue weighted by molar-refractivity contribution is -0.119. The third-order valence-electron chi connectivity index (χ3n) is 4.16. The molecule has 1 heterocycles. The van der Waals surface area contributed by atoms with Gasteiger partial charge in [-0.1, -0.05) is 18.2 Å². The van der Waals surface area contributed by atoms with E-state index in [4.69, 9.17) is 0 Å². The average molecular weight is 358 g/mol. The van der Waals surface area contributed by atoms with Crippen molar-refractivity contribution in [3.63, 3.8) is 0 Å². The Bertz CT molecular complexity index is 825. The van der Waals surface area contributed by atoms with Crippen molar-refractivity contribution in [3.05, 3.63) is 65.0 Å². The normalized spacial score (nSPS) is 16.8. The number of carbonyl (C=O) groups excluding carboxylic acids is 2. The smallest absolute Gasteiger partial charge is 0.255 e. The zero-order valence-corrected chi connectivity index (χ0v) is 14.9. The van der Waals surface area contributed by atoms with Gasteiger partial charge in [0, 0.05) is 17.0 Å². The second kappa shape index (κ2) is 7.27. The number of nitrogens with one attached hydrogen (secondary N) is 1. The first-order chi connectivity index (χ1) is 12.0. The molecule has 1 aliphatic heterocycles. The number of anilines is 1. The number of hydrogen-bond acceptors (Lipinski definition) is 3. The molecule has 2 amide bonds. The Morgan fingerprint density at radius 1 is 1.20 bits per heavy atom. The molecule has 2 aromatic rings. The van der Waals surface area contributed by atoms with Gasteiger partial charge in [-0.15, -0.1) is 11.8 Å². The summed E-state index contributed by atoms with van der Waals surface area (Å²) in [5, 5.41) is 2.87. The monoisotopic (exact) mass is 358 g/mol. The Labute approximate surface area is 150 Å². The van der Waals surface area contributed by atoms with Crippen LogP contribution in [0.4, 0.5) is 10.1 Å². The third-order valence-corrected chi connectivity index (χ3v) is 5.17. The molecular weight excluding hydrogens is 339 g/mol. The maximum absolute atomic E-state index is 13.5. The summed E-state index contributed by atoms with van der Waals surface area (Å²) in [6.07, 6.45) is 0. The minimum Gasteiger partial charge on any atom is -0.324 e. The molecule has 1 saturated heterocycles. The summed E-state index contributed by atoms with van der Waals surface area (Å²) in [7, 11) is 0.